The Morgan fingerprint density at radius 1 is 1.12 bits per heavy atom. The normalized spacial score (nSPS) is 25.8. The number of aromatic nitrogens is 2. The van der Waals surface area contributed by atoms with Crippen LogP contribution in [0.3, 0.4) is 0 Å². The van der Waals surface area contributed by atoms with Crippen molar-refractivity contribution in [1.82, 2.24) is 9.78 Å². The Balaban J connectivity index is 1.55. The highest BCUT2D eigenvalue weighted by atomic mass is 19.3. The molecule has 25 heavy (non-hydrogen) atoms. The van der Waals surface area contributed by atoms with Gasteiger partial charge in [0.1, 0.15) is 5.82 Å². The summed E-state index contributed by atoms with van der Waals surface area (Å²) in [6.45, 7) is 1.76. The molecule has 0 atom stereocenters. The van der Waals surface area contributed by atoms with Gasteiger partial charge in [-0.2, -0.15) is 5.10 Å². The van der Waals surface area contributed by atoms with Gasteiger partial charge in [-0.15, -0.1) is 0 Å². The Kier molecular flexibility index (Phi) is 3.67. The molecule has 1 N–H and O–H groups in total. The number of alkyl halides is 4. The number of carbonyl (C=O) groups excluding carboxylic acids is 1. The molecule has 0 saturated heterocycles. The third-order valence-corrected chi connectivity index (χ3v) is 5.78. The summed E-state index contributed by atoms with van der Waals surface area (Å²) < 4.78 is 54.2. The van der Waals surface area contributed by atoms with E-state index in [4.69, 9.17) is 0 Å². The highest BCUT2D eigenvalue weighted by Crippen LogP contribution is 2.50. The minimum Gasteiger partial charge on any atom is -0.310 e. The SMILES string of the molecule is Cc1c(C2CC(F)(F)C2)nn(C2CCC2)c1NC(=O)C1CC(F)(F)C1. The maximum atomic E-state index is 13.2. The van der Waals surface area contributed by atoms with Crippen molar-refractivity contribution >= 4 is 11.7 Å². The Hall–Kier alpha value is -1.60. The predicted molar refractivity (Wildman–Crippen MR) is 83.1 cm³/mol. The molecule has 138 valence electrons. The summed E-state index contributed by atoms with van der Waals surface area (Å²) in [5.74, 6) is -6.34. The molecule has 4 rings (SSSR count). The van der Waals surface area contributed by atoms with Gasteiger partial charge < -0.3 is 5.32 Å². The van der Waals surface area contributed by atoms with Gasteiger partial charge >= 0.3 is 0 Å². The number of hydrogen-bond acceptors (Lipinski definition) is 2. The fourth-order valence-electron chi connectivity index (χ4n) is 3.89. The van der Waals surface area contributed by atoms with Crippen LogP contribution in [0.2, 0.25) is 0 Å². The lowest BCUT2D eigenvalue weighted by molar-refractivity contribution is -0.145. The van der Waals surface area contributed by atoms with E-state index in [-0.39, 0.29) is 24.8 Å². The highest BCUT2D eigenvalue weighted by Gasteiger charge is 2.50. The lowest BCUT2D eigenvalue weighted by atomic mass is 9.78. The summed E-state index contributed by atoms with van der Waals surface area (Å²) in [7, 11) is 0. The first kappa shape index (κ1) is 16.8. The molecule has 0 spiro atoms. The molecule has 1 amide bonds. The van der Waals surface area contributed by atoms with Crippen molar-refractivity contribution in [1.29, 1.82) is 0 Å². The van der Waals surface area contributed by atoms with Crippen LogP contribution in [0.15, 0.2) is 0 Å². The van der Waals surface area contributed by atoms with Crippen LogP contribution < -0.4 is 5.32 Å². The molecule has 1 aromatic heterocycles. The third kappa shape index (κ3) is 2.93. The second-order valence-electron chi connectivity index (χ2n) is 7.80. The van der Waals surface area contributed by atoms with Crippen molar-refractivity contribution < 1.29 is 22.4 Å². The van der Waals surface area contributed by atoms with E-state index in [1.54, 1.807) is 11.6 Å². The van der Waals surface area contributed by atoms with Gasteiger partial charge in [-0.3, -0.25) is 4.79 Å². The summed E-state index contributed by atoms with van der Waals surface area (Å²) >= 11 is 0. The molecule has 3 aliphatic carbocycles. The molecule has 1 aromatic rings. The second-order valence-corrected chi connectivity index (χ2v) is 7.80. The number of halogens is 4. The molecule has 3 fully saturated rings. The van der Waals surface area contributed by atoms with E-state index in [0.29, 0.717) is 17.1 Å². The Labute approximate surface area is 143 Å². The summed E-state index contributed by atoms with van der Waals surface area (Å²) in [6, 6.07) is 0.145. The third-order valence-electron chi connectivity index (χ3n) is 5.78. The minimum atomic E-state index is -2.76. The fourth-order valence-corrected chi connectivity index (χ4v) is 3.89. The number of hydrogen-bond donors (Lipinski definition) is 1. The van der Waals surface area contributed by atoms with Gasteiger partial charge in [0.25, 0.3) is 0 Å². The van der Waals surface area contributed by atoms with Crippen LogP contribution in [0.4, 0.5) is 23.4 Å². The first-order valence-corrected chi connectivity index (χ1v) is 8.81. The van der Waals surface area contributed by atoms with Crippen LogP contribution in [0, 0.1) is 12.8 Å². The molecule has 0 aromatic carbocycles. The van der Waals surface area contributed by atoms with Crippen molar-refractivity contribution in [3.8, 4) is 0 Å². The smallest absolute Gasteiger partial charge is 0.249 e. The topological polar surface area (TPSA) is 46.9 Å². The van der Waals surface area contributed by atoms with E-state index < -0.39 is 36.5 Å². The molecule has 0 bridgehead atoms. The summed E-state index contributed by atoms with van der Waals surface area (Å²) in [4.78, 5) is 12.3. The summed E-state index contributed by atoms with van der Waals surface area (Å²) in [5, 5.41) is 7.28. The molecule has 3 aliphatic rings. The Morgan fingerprint density at radius 3 is 2.20 bits per heavy atom. The molecular formula is C17H21F4N3O. The maximum absolute atomic E-state index is 13.2. The quantitative estimate of drug-likeness (QED) is 0.810. The number of carbonyl (C=O) groups is 1. The van der Waals surface area contributed by atoms with Crippen molar-refractivity contribution in [3.63, 3.8) is 0 Å². The standard InChI is InChI=1S/C17H21F4N3O/c1-9-13(10-5-16(18,19)6-10)23-24(12-3-2-4-12)14(9)22-15(25)11-7-17(20,21)8-11/h10-12H,2-8H2,1H3,(H,22,25). The van der Waals surface area contributed by atoms with Gasteiger partial charge in [0.2, 0.25) is 17.8 Å². The fraction of sp³-hybridized carbons (Fsp3) is 0.765. The average molecular weight is 359 g/mol. The van der Waals surface area contributed by atoms with E-state index in [1.165, 1.54) is 0 Å². The van der Waals surface area contributed by atoms with Gasteiger partial charge in [0, 0.05) is 43.1 Å². The zero-order valence-corrected chi connectivity index (χ0v) is 14.0. The van der Waals surface area contributed by atoms with E-state index in [9.17, 15) is 22.4 Å². The van der Waals surface area contributed by atoms with Crippen LogP contribution in [0.1, 0.15) is 68.2 Å². The van der Waals surface area contributed by atoms with Crippen molar-refractivity contribution in [2.45, 2.75) is 75.7 Å². The zero-order chi connectivity index (χ0) is 18.0. The predicted octanol–water partition coefficient (Wildman–Crippen LogP) is 4.41. The van der Waals surface area contributed by atoms with Crippen LogP contribution in [-0.4, -0.2) is 27.5 Å². The molecule has 0 unspecified atom stereocenters. The van der Waals surface area contributed by atoms with Crippen LogP contribution >= 0.6 is 0 Å². The molecule has 8 heteroatoms. The first-order chi connectivity index (χ1) is 11.7. The summed E-state index contributed by atoms with van der Waals surface area (Å²) in [6.07, 6.45) is 1.59. The van der Waals surface area contributed by atoms with Crippen LogP contribution in [-0.2, 0) is 4.79 Å². The number of nitrogens with one attached hydrogen (secondary N) is 1. The molecule has 0 aliphatic heterocycles. The molecule has 4 nitrogen and oxygen atoms in total. The molecule has 1 heterocycles. The lowest BCUT2D eigenvalue weighted by Crippen LogP contribution is -2.42. The molecule has 3 saturated carbocycles. The van der Waals surface area contributed by atoms with Crippen LogP contribution in [0.5, 0.6) is 0 Å². The first-order valence-electron chi connectivity index (χ1n) is 8.81. The number of amides is 1. The molecular weight excluding hydrogens is 338 g/mol. The van der Waals surface area contributed by atoms with E-state index >= 15 is 0 Å². The second kappa shape index (κ2) is 5.45. The lowest BCUT2D eigenvalue weighted by Gasteiger charge is -2.34. The summed E-state index contributed by atoms with van der Waals surface area (Å²) in [5.41, 5.74) is 1.29. The minimum absolute atomic E-state index is 0.145. The molecule has 0 radical (unpaired) electrons. The number of anilines is 1. The van der Waals surface area contributed by atoms with Crippen LogP contribution in [0.25, 0.3) is 0 Å². The Morgan fingerprint density at radius 2 is 1.72 bits per heavy atom. The van der Waals surface area contributed by atoms with Crippen molar-refractivity contribution in [2.75, 3.05) is 5.32 Å². The van der Waals surface area contributed by atoms with Gasteiger partial charge in [-0.1, -0.05) is 0 Å². The van der Waals surface area contributed by atoms with Gasteiger partial charge in [-0.25, -0.2) is 22.2 Å². The van der Waals surface area contributed by atoms with Crippen molar-refractivity contribution in [3.05, 3.63) is 11.3 Å². The highest BCUT2D eigenvalue weighted by molar-refractivity contribution is 5.93. The van der Waals surface area contributed by atoms with Gasteiger partial charge in [-0.05, 0) is 26.2 Å². The van der Waals surface area contributed by atoms with Gasteiger partial charge in [0.15, 0.2) is 0 Å². The van der Waals surface area contributed by atoms with E-state index in [2.05, 4.69) is 10.4 Å². The number of nitrogens with zero attached hydrogens (tertiary/aromatic N) is 2. The Bertz CT molecular complexity index is 695. The van der Waals surface area contributed by atoms with E-state index in [1.807, 2.05) is 0 Å². The number of rotatable bonds is 4. The van der Waals surface area contributed by atoms with E-state index in [0.717, 1.165) is 19.3 Å². The zero-order valence-electron chi connectivity index (χ0n) is 14.0. The van der Waals surface area contributed by atoms with Crippen molar-refractivity contribution in [2.24, 2.45) is 5.92 Å². The average Bonchev–Trinajstić information content (AvgIpc) is 2.69. The maximum Gasteiger partial charge on any atom is 0.249 e. The monoisotopic (exact) mass is 359 g/mol. The largest absolute Gasteiger partial charge is 0.310 e. The van der Waals surface area contributed by atoms with Gasteiger partial charge in [0.05, 0.1) is 11.7 Å².